The van der Waals surface area contributed by atoms with Crippen molar-refractivity contribution in [2.45, 2.75) is 56.9 Å². The first kappa shape index (κ1) is 19.7. The lowest BCUT2D eigenvalue weighted by molar-refractivity contribution is 0.0516. The van der Waals surface area contributed by atoms with Crippen molar-refractivity contribution < 1.29 is 15.0 Å². The number of carbonyl (C=O) groups excluding carboxylic acids is 1. The molecule has 138 valence electrons. The summed E-state index contributed by atoms with van der Waals surface area (Å²) in [5.74, 6) is 0.0971. The molecule has 0 unspecified atom stereocenters. The highest BCUT2D eigenvalue weighted by Gasteiger charge is 2.47. The van der Waals surface area contributed by atoms with Crippen molar-refractivity contribution in [1.29, 1.82) is 0 Å². The quantitative estimate of drug-likeness (QED) is 0.449. The molecule has 2 rings (SSSR count). The van der Waals surface area contributed by atoms with E-state index in [1.165, 1.54) is 0 Å². The van der Waals surface area contributed by atoms with Gasteiger partial charge in [0.1, 0.15) is 0 Å². The van der Waals surface area contributed by atoms with Crippen LogP contribution in [0.1, 0.15) is 67.3 Å². The molecule has 1 aromatic rings. The molecule has 25 heavy (non-hydrogen) atoms. The van der Waals surface area contributed by atoms with Crippen LogP contribution in [0, 0.1) is 0 Å². The second-order valence-corrected chi connectivity index (χ2v) is 6.85. The van der Waals surface area contributed by atoms with Gasteiger partial charge in [0, 0.05) is 25.3 Å². The van der Waals surface area contributed by atoms with Crippen LogP contribution in [0.2, 0.25) is 0 Å². The lowest BCUT2D eigenvalue weighted by atomic mass is 9.80. The third kappa shape index (κ3) is 4.31. The number of rotatable bonds is 12. The minimum absolute atomic E-state index is 0.0971. The number of unbranched alkanes of at least 4 members (excludes halogenated alkanes) is 4. The van der Waals surface area contributed by atoms with E-state index in [0.29, 0.717) is 6.54 Å². The lowest BCUT2D eigenvalue weighted by Gasteiger charge is -2.39. The molecule has 1 aliphatic rings. The van der Waals surface area contributed by atoms with Crippen LogP contribution in [0.25, 0.3) is 0 Å². The predicted molar refractivity (Wildman–Crippen MR) is 100 cm³/mol. The molecule has 1 amide bonds. The fourth-order valence-corrected chi connectivity index (χ4v) is 4.02. The summed E-state index contributed by atoms with van der Waals surface area (Å²) in [5, 5.41) is 18.1. The topological polar surface area (TPSA) is 60.8 Å². The maximum Gasteiger partial charge on any atom is 0.255 e. The number of nitrogens with zero attached hydrogens (tertiary/aromatic N) is 1. The Kier molecular flexibility index (Phi) is 7.66. The summed E-state index contributed by atoms with van der Waals surface area (Å²) >= 11 is 0. The summed E-state index contributed by atoms with van der Waals surface area (Å²) in [6.07, 6.45) is 9.12. The second kappa shape index (κ2) is 9.73. The molecule has 0 spiro atoms. The minimum atomic E-state index is -0.285. The van der Waals surface area contributed by atoms with Gasteiger partial charge in [-0.25, -0.2) is 0 Å². The van der Waals surface area contributed by atoms with Gasteiger partial charge in [-0.3, -0.25) is 4.79 Å². The van der Waals surface area contributed by atoms with Gasteiger partial charge in [-0.2, -0.15) is 0 Å². The Labute approximate surface area is 151 Å². The third-order valence-electron chi connectivity index (χ3n) is 5.23. The molecule has 1 aromatic carbocycles. The van der Waals surface area contributed by atoms with Crippen LogP contribution < -0.4 is 0 Å². The van der Waals surface area contributed by atoms with E-state index < -0.39 is 0 Å². The summed E-state index contributed by atoms with van der Waals surface area (Å²) in [6.45, 7) is 4.83. The zero-order valence-corrected chi connectivity index (χ0v) is 15.1. The lowest BCUT2D eigenvalue weighted by Crippen LogP contribution is -2.44. The monoisotopic (exact) mass is 345 g/mol. The highest BCUT2D eigenvalue weighted by atomic mass is 16.3. The molecule has 4 heteroatoms. The fourth-order valence-electron chi connectivity index (χ4n) is 4.02. The number of fused-ring (bicyclic) bond motifs is 1. The van der Waals surface area contributed by atoms with Crippen LogP contribution in [-0.2, 0) is 5.54 Å². The Bertz CT molecular complexity index is 558. The van der Waals surface area contributed by atoms with Crippen LogP contribution >= 0.6 is 0 Å². The normalized spacial score (nSPS) is 15.4. The molecule has 0 bridgehead atoms. The van der Waals surface area contributed by atoms with Crippen LogP contribution in [0.3, 0.4) is 0 Å². The molecule has 0 saturated heterocycles. The number of benzene rings is 1. The van der Waals surface area contributed by atoms with Gasteiger partial charge >= 0.3 is 0 Å². The summed E-state index contributed by atoms with van der Waals surface area (Å²) in [5.41, 5.74) is 1.66. The molecule has 1 heterocycles. The molecule has 0 saturated carbocycles. The SMILES string of the molecule is C=CCN1C(=O)c2ccccc2C1(CCCCCO)CCCCCO. The molecule has 0 fully saturated rings. The average molecular weight is 345 g/mol. The van der Waals surface area contributed by atoms with Crippen LogP contribution in [0.5, 0.6) is 0 Å². The fraction of sp³-hybridized carbons (Fsp3) is 0.571. The Morgan fingerprint density at radius 1 is 0.960 bits per heavy atom. The summed E-state index contributed by atoms with van der Waals surface area (Å²) in [4.78, 5) is 15.0. The molecule has 1 aliphatic heterocycles. The van der Waals surface area contributed by atoms with Crippen molar-refractivity contribution in [1.82, 2.24) is 4.90 Å². The van der Waals surface area contributed by atoms with Crippen LogP contribution in [0.15, 0.2) is 36.9 Å². The molecule has 0 radical (unpaired) electrons. The maximum absolute atomic E-state index is 13.0. The van der Waals surface area contributed by atoms with E-state index in [1.807, 2.05) is 23.1 Å². The largest absolute Gasteiger partial charge is 0.396 e. The highest BCUT2D eigenvalue weighted by molar-refractivity contribution is 6.00. The molecular weight excluding hydrogens is 314 g/mol. The van der Waals surface area contributed by atoms with E-state index in [2.05, 4.69) is 12.6 Å². The first-order valence-corrected chi connectivity index (χ1v) is 9.45. The first-order chi connectivity index (χ1) is 12.2. The second-order valence-electron chi connectivity index (χ2n) is 6.85. The standard InChI is InChI=1S/C21H31NO3/c1-2-15-22-20(25)18-11-5-6-12-19(18)21(22,13-7-3-9-16-23)14-8-4-10-17-24/h2,5-6,11-12,23-24H,1,3-4,7-10,13-17H2. The van der Waals surface area contributed by atoms with Gasteiger partial charge in [0.2, 0.25) is 0 Å². The average Bonchev–Trinajstić information content (AvgIpc) is 2.86. The maximum atomic E-state index is 13.0. The van der Waals surface area contributed by atoms with Gasteiger partial charge in [-0.05, 0) is 37.3 Å². The van der Waals surface area contributed by atoms with Gasteiger partial charge in [0.15, 0.2) is 0 Å². The molecule has 0 aromatic heterocycles. The van der Waals surface area contributed by atoms with Crippen molar-refractivity contribution in [3.8, 4) is 0 Å². The van der Waals surface area contributed by atoms with Crippen molar-refractivity contribution in [2.75, 3.05) is 19.8 Å². The summed E-state index contributed by atoms with van der Waals surface area (Å²) in [6, 6.07) is 7.96. The van der Waals surface area contributed by atoms with Gasteiger partial charge in [0.25, 0.3) is 5.91 Å². The van der Waals surface area contributed by atoms with Crippen LogP contribution in [0.4, 0.5) is 0 Å². The third-order valence-corrected chi connectivity index (χ3v) is 5.23. The Morgan fingerprint density at radius 3 is 2.12 bits per heavy atom. The molecule has 0 atom stereocenters. The van der Waals surface area contributed by atoms with Gasteiger partial charge < -0.3 is 15.1 Å². The van der Waals surface area contributed by atoms with Gasteiger partial charge in [-0.1, -0.05) is 50.0 Å². The van der Waals surface area contributed by atoms with E-state index >= 15 is 0 Å². The number of carbonyl (C=O) groups is 1. The van der Waals surface area contributed by atoms with Crippen molar-refractivity contribution in [3.63, 3.8) is 0 Å². The molecule has 4 nitrogen and oxygen atoms in total. The number of aliphatic hydroxyl groups excluding tert-OH is 2. The van der Waals surface area contributed by atoms with E-state index in [4.69, 9.17) is 10.2 Å². The number of hydrogen-bond acceptors (Lipinski definition) is 3. The van der Waals surface area contributed by atoms with Gasteiger partial charge in [-0.15, -0.1) is 6.58 Å². The molecular formula is C21H31NO3. The van der Waals surface area contributed by atoms with E-state index in [1.54, 1.807) is 6.08 Å². The van der Waals surface area contributed by atoms with Gasteiger partial charge in [0.05, 0.1) is 5.54 Å². The predicted octanol–water partition coefficient (Wildman–Crippen LogP) is 3.63. The number of aliphatic hydroxyl groups is 2. The first-order valence-electron chi connectivity index (χ1n) is 9.45. The smallest absolute Gasteiger partial charge is 0.255 e. The van der Waals surface area contributed by atoms with Crippen molar-refractivity contribution >= 4 is 5.91 Å². The molecule has 0 aliphatic carbocycles. The van der Waals surface area contributed by atoms with E-state index in [0.717, 1.165) is 62.5 Å². The van der Waals surface area contributed by atoms with Crippen molar-refractivity contribution in [3.05, 3.63) is 48.0 Å². The molecule has 2 N–H and O–H groups in total. The van der Waals surface area contributed by atoms with Crippen LogP contribution in [-0.4, -0.2) is 40.8 Å². The Morgan fingerprint density at radius 2 is 1.56 bits per heavy atom. The minimum Gasteiger partial charge on any atom is -0.396 e. The Balaban J connectivity index is 2.30. The van der Waals surface area contributed by atoms with Crippen molar-refractivity contribution in [2.24, 2.45) is 0 Å². The zero-order valence-electron chi connectivity index (χ0n) is 15.1. The zero-order chi connectivity index (χ0) is 18.1. The summed E-state index contributed by atoms with van der Waals surface area (Å²) in [7, 11) is 0. The number of hydrogen-bond donors (Lipinski definition) is 2. The summed E-state index contributed by atoms with van der Waals surface area (Å²) < 4.78 is 0. The Hall–Kier alpha value is -1.65. The van der Waals surface area contributed by atoms with E-state index in [-0.39, 0.29) is 24.7 Å². The number of amides is 1. The highest BCUT2D eigenvalue weighted by Crippen LogP contribution is 2.46. The van der Waals surface area contributed by atoms with E-state index in [9.17, 15) is 4.79 Å².